The zero-order valence-electron chi connectivity index (χ0n) is 18.5. The first-order chi connectivity index (χ1) is 15.9. The van der Waals surface area contributed by atoms with Gasteiger partial charge in [0.2, 0.25) is 11.8 Å². The van der Waals surface area contributed by atoms with Crippen LogP contribution in [-0.4, -0.2) is 38.2 Å². The first-order valence-corrected chi connectivity index (χ1v) is 11.5. The molecule has 3 N–H and O–H groups in total. The molecule has 0 saturated heterocycles. The minimum absolute atomic E-state index is 0.0160. The summed E-state index contributed by atoms with van der Waals surface area (Å²) in [6, 6.07) is 14.1. The summed E-state index contributed by atoms with van der Waals surface area (Å²) < 4.78 is 1.74. The number of anilines is 2. The van der Waals surface area contributed by atoms with Crippen LogP contribution in [0.25, 0.3) is 0 Å². The van der Waals surface area contributed by atoms with E-state index in [1.54, 1.807) is 35.2 Å². The summed E-state index contributed by atoms with van der Waals surface area (Å²) in [6.07, 6.45) is 2.85. The van der Waals surface area contributed by atoms with Crippen molar-refractivity contribution in [3.8, 4) is 0 Å². The van der Waals surface area contributed by atoms with E-state index in [0.29, 0.717) is 29.4 Å². The number of aryl methyl sites for hydroxylation is 1. The first-order valence-electron chi connectivity index (χ1n) is 10.5. The second-order valence-electron chi connectivity index (χ2n) is 7.32. The Balaban J connectivity index is 1.49. The molecule has 0 fully saturated rings. The van der Waals surface area contributed by atoms with Crippen molar-refractivity contribution in [3.63, 3.8) is 0 Å². The molecule has 10 heteroatoms. The van der Waals surface area contributed by atoms with Gasteiger partial charge in [0.15, 0.2) is 5.16 Å². The Hall–Kier alpha value is -3.66. The van der Waals surface area contributed by atoms with Crippen LogP contribution in [0.3, 0.4) is 0 Å². The van der Waals surface area contributed by atoms with Crippen LogP contribution in [0.4, 0.5) is 11.4 Å². The SMILES string of the molecule is CCCC(=O)Nc1ccc(CNC(=O)c2cccc(NC(=O)CSc3nncn3C)c2)cc1. The number of benzene rings is 2. The van der Waals surface area contributed by atoms with E-state index >= 15 is 0 Å². The minimum Gasteiger partial charge on any atom is -0.348 e. The van der Waals surface area contributed by atoms with Crippen LogP contribution in [0.2, 0.25) is 0 Å². The first kappa shape index (κ1) is 24.0. The van der Waals surface area contributed by atoms with Gasteiger partial charge in [-0.25, -0.2) is 0 Å². The monoisotopic (exact) mass is 466 g/mol. The van der Waals surface area contributed by atoms with Crippen molar-refractivity contribution < 1.29 is 14.4 Å². The number of hydrogen-bond donors (Lipinski definition) is 3. The number of carbonyl (C=O) groups is 3. The zero-order valence-corrected chi connectivity index (χ0v) is 19.3. The van der Waals surface area contributed by atoms with E-state index in [-0.39, 0.29) is 23.5 Å². The lowest BCUT2D eigenvalue weighted by molar-refractivity contribution is -0.116. The van der Waals surface area contributed by atoms with E-state index in [1.165, 1.54) is 11.8 Å². The van der Waals surface area contributed by atoms with Crippen LogP contribution >= 0.6 is 11.8 Å². The summed E-state index contributed by atoms with van der Waals surface area (Å²) in [5, 5.41) is 16.8. The molecular weight excluding hydrogens is 440 g/mol. The lowest BCUT2D eigenvalue weighted by Gasteiger charge is -2.09. The standard InChI is InChI=1S/C23H26N6O3S/c1-3-5-20(30)26-18-10-8-16(9-11-18)13-24-22(32)17-6-4-7-19(12-17)27-21(31)14-33-23-28-25-15-29(23)2/h4,6-12,15H,3,5,13-14H2,1-2H3,(H,24,32)(H,26,30)(H,27,31). The molecule has 0 bridgehead atoms. The third-order valence-corrected chi connectivity index (χ3v) is 5.61. The summed E-state index contributed by atoms with van der Waals surface area (Å²) in [6.45, 7) is 2.29. The zero-order chi connectivity index (χ0) is 23.6. The molecule has 0 aliphatic heterocycles. The number of rotatable bonds is 10. The van der Waals surface area contributed by atoms with Crippen LogP contribution in [0.1, 0.15) is 35.7 Å². The van der Waals surface area contributed by atoms with Gasteiger partial charge >= 0.3 is 0 Å². The second kappa shape index (κ2) is 11.8. The molecular formula is C23H26N6O3S. The molecule has 0 unspecified atom stereocenters. The topological polar surface area (TPSA) is 118 Å². The van der Waals surface area contributed by atoms with Crippen molar-refractivity contribution in [1.29, 1.82) is 0 Å². The number of amides is 3. The van der Waals surface area contributed by atoms with E-state index in [2.05, 4.69) is 26.1 Å². The van der Waals surface area contributed by atoms with E-state index in [0.717, 1.165) is 17.7 Å². The summed E-state index contributed by atoms with van der Waals surface area (Å²) in [5.41, 5.74) is 2.61. The molecule has 172 valence electrons. The van der Waals surface area contributed by atoms with E-state index in [4.69, 9.17) is 0 Å². The Kier molecular flexibility index (Phi) is 8.59. The molecule has 0 aliphatic rings. The Morgan fingerprint density at radius 3 is 2.45 bits per heavy atom. The van der Waals surface area contributed by atoms with Crippen LogP contribution in [0.15, 0.2) is 60.0 Å². The maximum atomic E-state index is 12.6. The molecule has 0 saturated carbocycles. The molecule has 3 rings (SSSR count). The number of aromatic nitrogens is 3. The summed E-state index contributed by atoms with van der Waals surface area (Å²) in [5.74, 6) is -0.290. The average Bonchev–Trinajstić information content (AvgIpc) is 3.22. The number of nitrogens with zero attached hydrogens (tertiary/aromatic N) is 3. The smallest absolute Gasteiger partial charge is 0.251 e. The van der Waals surface area contributed by atoms with Gasteiger partial charge in [-0.2, -0.15) is 0 Å². The molecule has 0 atom stereocenters. The maximum Gasteiger partial charge on any atom is 0.251 e. The fourth-order valence-electron chi connectivity index (χ4n) is 2.91. The maximum absolute atomic E-state index is 12.6. The van der Waals surface area contributed by atoms with Gasteiger partial charge in [0.05, 0.1) is 5.75 Å². The number of thioether (sulfide) groups is 1. The highest BCUT2D eigenvalue weighted by atomic mass is 32.2. The number of carbonyl (C=O) groups excluding carboxylic acids is 3. The van der Waals surface area contributed by atoms with Crippen molar-refractivity contribution in [1.82, 2.24) is 20.1 Å². The lowest BCUT2D eigenvalue weighted by Crippen LogP contribution is -2.23. The van der Waals surface area contributed by atoms with E-state index < -0.39 is 0 Å². The summed E-state index contributed by atoms with van der Waals surface area (Å²) >= 11 is 1.28. The number of hydrogen-bond acceptors (Lipinski definition) is 6. The molecule has 33 heavy (non-hydrogen) atoms. The van der Waals surface area contributed by atoms with Gasteiger partial charge in [-0.3, -0.25) is 14.4 Å². The molecule has 9 nitrogen and oxygen atoms in total. The Bertz CT molecular complexity index is 1110. The Morgan fingerprint density at radius 1 is 1.00 bits per heavy atom. The Morgan fingerprint density at radius 2 is 1.76 bits per heavy atom. The normalized spacial score (nSPS) is 10.5. The fraction of sp³-hybridized carbons (Fsp3) is 0.261. The van der Waals surface area contributed by atoms with Crippen molar-refractivity contribution in [2.24, 2.45) is 7.05 Å². The van der Waals surface area contributed by atoms with Crippen molar-refractivity contribution in [3.05, 3.63) is 66.0 Å². The highest BCUT2D eigenvalue weighted by Gasteiger charge is 2.10. The number of nitrogens with one attached hydrogen (secondary N) is 3. The highest BCUT2D eigenvalue weighted by Crippen LogP contribution is 2.16. The van der Waals surface area contributed by atoms with Crippen LogP contribution in [0.5, 0.6) is 0 Å². The molecule has 0 spiro atoms. The third-order valence-electron chi connectivity index (χ3n) is 4.58. The third kappa shape index (κ3) is 7.46. The van der Waals surface area contributed by atoms with Crippen molar-refractivity contribution in [2.75, 3.05) is 16.4 Å². The predicted octanol–water partition coefficient (Wildman–Crippen LogP) is 3.21. The highest BCUT2D eigenvalue weighted by molar-refractivity contribution is 7.99. The predicted molar refractivity (Wildman–Crippen MR) is 128 cm³/mol. The summed E-state index contributed by atoms with van der Waals surface area (Å²) in [7, 11) is 1.81. The van der Waals surface area contributed by atoms with Gasteiger partial charge in [0.25, 0.3) is 5.91 Å². The fourth-order valence-corrected chi connectivity index (χ4v) is 3.60. The van der Waals surface area contributed by atoms with Crippen molar-refractivity contribution >= 4 is 40.9 Å². The largest absolute Gasteiger partial charge is 0.348 e. The molecule has 3 aromatic rings. The lowest BCUT2D eigenvalue weighted by atomic mass is 10.1. The molecule has 1 aromatic heterocycles. The average molecular weight is 467 g/mol. The van der Waals surface area contributed by atoms with E-state index in [1.807, 2.05) is 38.2 Å². The molecule has 0 aliphatic carbocycles. The second-order valence-corrected chi connectivity index (χ2v) is 8.26. The van der Waals surface area contributed by atoms with Crippen LogP contribution < -0.4 is 16.0 Å². The molecule has 0 radical (unpaired) electrons. The quantitative estimate of drug-likeness (QED) is 0.395. The van der Waals surface area contributed by atoms with Gasteiger partial charge in [-0.1, -0.05) is 36.9 Å². The minimum atomic E-state index is -0.250. The van der Waals surface area contributed by atoms with Crippen LogP contribution in [0, 0.1) is 0 Å². The van der Waals surface area contributed by atoms with Gasteiger partial charge in [-0.05, 0) is 42.3 Å². The summed E-state index contributed by atoms with van der Waals surface area (Å²) in [4.78, 5) is 36.4. The molecule has 1 heterocycles. The van der Waals surface area contributed by atoms with Crippen LogP contribution in [-0.2, 0) is 23.2 Å². The van der Waals surface area contributed by atoms with Crippen molar-refractivity contribution in [2.45, 2.75) is 31.5 Å². The van der Waals surface area contributed by atoms with E-state index in [9.17, 15) is 14.4 Å². The van der Waals surface area contributed by atoms with Gasteiger partial charge < -0.3 is 20.5 Å². The molecule has 2 aromatic carbocycles. The van der Waals surface area contributed by atoms with Gasteiger partial charge in [0.1, 0.15) is 6.33 Å². The molecule has 3 amide bonds. The van der Waals surface area contributed by atoms with Gasteiger partial charge in [-0.15, -0.1) is 10.2 Å². The van der Waals surface area contributed by atoms with Gasteiger partial charge in [0, 0.05) is 37.0 Å². The Labute approximate surface area is 196 Å².